The number of aryl methyl sites for hydroxylation is 2. The van der Waals surface area contributed by atoms with Crippen LogP contribution in [-0.2, 0) is 24.8 Å². The summed E-state index contributed by atoms with van der Waals surface area (Å²) in [5.41, 5.74) is 2.18. The second kappa shape index (κ2) is 6.00. The van der Waals surface area contributed by atoms with Gasteiger partial charge in [-0.2, -0.15) is 5.10 Å². The van der Waals surface area contributed by atoms with Crippen molar-refractivity contribution in [1.82, 2.24) is 20.4 Å². The van der Waals surface area contributed by atoms with Gasteiger partial charge in [0, 0.05) is 25.4 Å². The number of carbonyl (C=O) groups is 1. The quantitative estimate of drug-likeness (QED) is 0.828. The second-order valence-electron chi connectivity index (χ2n) is 4.85. The van der Waals surface area contributed by atoms with E-state index in [1.807, 2.05) is 13.2 Å². The lowest BCUT2D eigenvalue weighted by Crippen LogP contribution is -2.46. The number of aromatic nitrogens is 2. The third-order valence-electron chi connectivity index (χ3n) is 3.41. The van der Waals surface area contributed by atoms with E-state index in [4.69, 9.17) is 0 Å². The lowest BCUT2D eigenvalue weighted by Gasteiger charge is -2.22. The Morgan fingerprint density at radius 1 is 1.61 bits per heavy atom. The SMILES string of the molecule is CCc1nn(C)cc1CNC(=O)[C@@H]1CCCCN1. The summed E-state index contributed by atoms with van der Waals surface area (Å²) in [7, 11) is 1.91. The molecular formula is C13H22N4O. The van der Waals surface area contributed by atoms with Crippen LogP contribution in [0.4, 0.5) is 0 Å². The Kier molecular flexibility index (Phi) is 4.36. The average molecular weight is 250 g/mol. The van der Waals surface area contributed by atoms with Gasteiger partial charge in [-0.25, -0.2) is 0 Å². The number of nitrogens with one attached hydrogen (secondary N) is 2. The van der Waals surface area contributed by atoms with E-state index in [2.05, 4.69) is 22.7 Å². The Morgan fingerprint density at radius 3 is 3.11 bits per heavy atom. The molecule has 1 fully saturated rings. The Hall–Kier alpha value is -1.36. The molecule has 1 atom stereocenters. The highest BCUT2D eigenvalue weighted by Crippen LogP contribution is 2.09. The van der Waals surface area contributed by atoms with Crippen LogP contribution in [0.2, 0.25) is 0 Å². The summed E-state index contributed by atoms with van der Waals surface area (Å²) in [6.45, 7) is 3.61. The maximum Gasteiger partial charge on any atom is 0.237 e. The number of amides is 1. The zero-order valence-electron chi connectivity index (χ0n) is 11.2. The maximum absolute atomic E-state index is 12.0. The Balaban J connectivity index is 1.88. The van der Waals surface area contributed by atoms with E-state index in [-0.39, 0.29) is 11.9 Å². The van der Waals surface area contributed by atoms with Crippen molar-refractivity contribution in [2.24, 2.45) is 7.05 Å². The highest BCUT2D eigenvalue weighted by molar-refractivity contribution is 5.81. The molecule has 5 nitrogen and oxygen atoms in total. The van der Waals surface area contributed by atoms with Crippen LogP contribution < -0.4 is 10.6 Å². The largest absolute Gasteiger partial charge is 0.351 e. The minimum Gasteiger partial charge on any atom is -0.351 e. The van der Waals surface area contributed by atoms with Gasteiger partial charge < -0.3 is 10.6 Å². The van der Waals surface area contributed by atoms with Gasteiger partial charge in [0.25, 0.3) is 0 Å². The molecule has 0 spiro atoms. The Bertz CT molecular complexity index is 407. The number of carbonyl (C=O) groups excluding carboxylic acids is 1. The van der Waals surface area contributed by atoms with Gasteiger partial charge in [-0.05, 0) is 25.8 Å². The number of hydrogen-bond donors (Lipinski definition) is 2. The van der Waals surface area contributed by atoms with Crippen LogP contribution in [0.5, 0.6) is 0 Å². The molecule has 1 aromatic rings. The molecule has 0 radical (unpaired) electrons. The topological polar surface area (TPSA) is 59.0 Å². The molecule has 0 aliphatic carbocycles. The molecule has 0 bridgehead atoms. The van der Waals surface area contributed by atoms with Gasteiger partial charge in [0.2, 0.25) is 5.91 Å². The van der Waals surface area contributed by atoms with E-state index in [1.165, 1.54) is 6.42 Å². The predicted molar refractivity (Wildman–Crippen MR) is 70.1 cm³/mol. The molecule has 2 heterocycles. The molecule has 0 aromatic carbocycles. The molecule has 1 aliphatic rings. The van der Waals surface area contributed by atoms with Gasteiger partial charge in [-0.15, -0.1) is 0 Å². The average Bonchev–Trinajstić information content (AvgIpc) is 2.77. The Morgan fingerprint density at radius 2 is 2.44 bits per heavy atom. The molecule has 18 heavy (non-hydrogen) atoms. The van der Waals surface area contributed by atoms with Crippen molar-refractivity contribution >= 4 is 5.91 Å². The molecule has 2 rings (SSSR count). The summed E-state index contributed by atoms with van der Waals surface area (Å²) in [6.07, 6.45) is 6.13. The van der Waals surface area contributed by atoms with Crippen molar-refractivity contribution in [1.29, 1.82) is 0 Å². The van der Waals surface area contributed by atoms with E-state index in [0.717, 1.165) is 37.1 Å². The van der Waals surface area contributed by atoms with Crippen LogP contribution in [0.3, 0.4) is 0 Å². The van der Waals surface area contributed by atoms with Crippen LogP contribution >= 0.6 is 0 Å². The summed E-state index contributed by atoms with van der Waals surface area (Å²) in [4.78, 5) is 12.0. The van der Waals surface area contributed by atoms with Gasteiger partial charge in [-0.3, -0.25) is 9.48 Å². The van der Waals surface area contributed by atoms with Crippen LogP contribution in [0.15, 0.2) is 6.20 Å². The van der Waals surface area contributed by atoms with Crippen molar-refractivity contribution in [3.8, 4) is 0 Å². The van der Waals surface area contributed by atoms with Crippen LogP contribution in [0.1, 0.15) is 37.4 Å². The number of piperidine rings is 1. The first-order chi connectivity index (χ1) is 8.70. The summed E-state index contributed by atoms with van der Waals surface area (Å²) in [6, 6.07) is -0.0134. The fraction of sp³-hybridized carbons (Fsp3) is 0.692. The minimum atomic E-state index is -0.0134. The number of hydrogen-bond acceptors (Lipinski definition) is 3. The minimum absolute atomic E-state index is 0.0134. The summed E-state index contributed by atoms with van der Waals surface area (Å²) in [5, 5.41) is 10.6. The van der Waals surface area contributed by atoms with Crippen molar-refractivity contribution in [2.45, 2.75) is 45.2 Å². The maximum atomic E-state index is 12.0. The molecular weight excluding hydrogens is 228 g/mol. The standard InChI is InChI=1S/C13H22N4O/c1-3-11-10(9-17(2)16-11)8-15-13(18)12-6-4-5-7-14-12/h9,12,14H,3-8H2,1-2H3,(H,15,18)/t12-/m0/s1. The van der Waals surface area contributed by atoms with Gasteiger partial charge >= 0.3 is 0 Å². The van der Waals surface area contributed by atoms with Crippen LogP contribution in [0.25, 0.3) is 0 Å². The van der Waals surface area contributed by atoms with Gasteiger partial charge in [0.05, 0.1) is 11.7 Å². The zero-order valence-corrected chi connectivity index (χ0v) is 11.2. The first-order valence-electron chi connectivity index (χ1n) is 6.73. The van der Waals surface area contributed by atoms with Crippen molar-refractivity contribution in [3.63, 3.8) is 0 Å². The third kappa shape index (κ3) is 3.10. The molecule has 1 aliphatic heterocycles. The van der Waals surface area contributed by atoms with Crippen molar-refractivity contribution in [3.05, 3.63) is 17.5 Å². The second-order valence-corrected chi connectivity index (χ2v) is 4.85. The Labute approximate surface area is 108 Å². The predicted octanol–water partition coefficient (Wildman–Crippen LogP) is 0.741. The zero-order chi connectivity index (χ0) is 13.0. The fourth-order valence-corrected chi connectivity index (χ4v) is 2.41. The van der Waals surface area contributed by atoms with Crippen LogP contribution in [0, 0.1) is 0 Å². The molecule has 2 N–H and O–H groups in total. The van der Waals surface area contributed by atoms with Crippen molar-refractivity contribution < 1.29 is 4.79 Å². The number of nitrogens with zero attached hydrogens (tertiary/aromatic N) is 2. The number of rotatable bonds is 4. The summed E-state index contributed by atoms with van der Waals surface area (Å²) in [5.74, 6) is 0.112. The van der Waals surface area contributed by atoms with E-state index < -0.39 is 0 Å². The molecule has 100 valence electrons. The monoisotopic (exact) mass is 250 g/mol. The molecule has 5 heteroatoms. The van der Waals surface area contributed by atoms with Gasteiger partial charge in [0.1, 0.15) is 0 Å². The summed E-state index contributed by atoms with van der Waals surface area (Å²) < 4.78 is 1.80. The molecule has 1 aromatic heterocycles. The molecule has 0 unspecified atom stereocenters. The highest BCUT2D eigenvalue weighted by Gasteiger charge is 2.20. The lowest BCUT2D eigenvalue weighted by molar-refractivity contribution is -0.123. The van der Waals surface area contributed by atoms with E-state index in [9.17, 15) is 4.79 Å². The fourth-order valence-electron chi connectivity index (χ4n) is 2.41. The smallest absolute Gasteiger partial charge is 0.237 e. The van der Waals surface area contributed by atoms with E-state index >= 15 is 0 Å². The van der Waals surface area contributed by atoms with Gasteiger partial charge in [-0.1, -0.05) is 13.3 Å². The third-order valence-corrected chi connectivity index (χ3v) is 3.41. The highest BCUT2D eigenvalue weighted by atomic mass is 16.2. The van der Waals surface area contributed by atoms with Crippen LogP contribution in [-0.4, -0.2) is 28.3 Å². The lowest BCUT2D eigenvalue weighted by atomic mass is 10.0. The first-order valence-corrected chi connectivity index (χ1v) is 6.73. The first kappa shape index (κ1) is 13.1. The molecule has 0 saturated carbocycles. The summed E-state index contributed by atoms with van der Waals surface area (Å²) >= 11 is 0. The van der Waals surface area contributed by atoms with E-state index in [1.54, 1.807) is 4.68 Å². The van der Waals surface area contributed by atoms with Gasteiger partial charge in [0.15, 0.2) is 0 Å². The normalized spacial score (nSPS) is 19.8. The van der Waals surface area contributed by atoms with Crippen molar-refractivity contribution in [2.75, 3.05) is 6.54 Å². The van der Waals surface area contributed by atoms with E-state index in [0.29, 0.717) is 6.54 Å². The molecule has 1 saturated heterocycles. The molecule has 1 amide bonds.